The van der Waals surface area contributed by atoms with Crippen molar-refractivity contribution in [1.82, 2.24) is 9.88 Å². The number of aryl methyl sites for hydroxylation is 1. The van der Waals surface area contributed by atoms with E-state index in [0.29, 0.717) is 12.8 Å². The number of piperidine rings is 1. The van der Waals surface area contributed by atoms with Crippen LogP contribution < -0.4 is 9.47 Å². The average molecular weight is 342 g/mol. The second-order valence-electron chi connectivity index (χ2n) is 6.68. The molecular formula is C20H26N2O3. The van der Waals surface area contributed by atoms with Crippen LogP contribution in [0.4, 0.5) is 0 Å². The van der Waals surface area contributed by atoms with Gasteiger partial charge in [-0.1, -0.05) is 18.2 Å². The Bertz CT molecular complexity index is 707. The van der Waals surface area contributed by atoms with E-state index < -0.39 is 5.60 Å². The molecule has 1 aromatic carbocycles. The van der Waals surface area contributed by atoms with E-state index in [-0.39, 0.29) is 0 Å². The van der Waals surface area contributed by atoms with Crippen molar-refractivity contribution < 1.29 is 14.6 Å². The predicted molar refractivity (Wildman–Crippen MR) is 96.9 cm³/mol. The molecule has 2 aromatic rings. The third kappa shape index (κ3) is 3.78. The van der Waals surface area contributed by atoms with Crippen molar-refractivity contribution in [2.45, 2.75) is 31.9 Å². The lowest BCUT2D eigenvalue weighted by Crippen LogP contribution is -2.42. The molecule has 25 heavy (non-hydrogen) atoms. The molecule has 0 spiro atoms. The van der Waals surface area contributed by atoms with E-state index >= 15 is 0 Å². The van der Waals surface area contributed by atoms with Crippen LogP contribution in [0.25, 0.3) is 0 Å². The maximum absolute atomic E-state index is 11.0. The van der Waals surface area contributed by atoms with E-state index in [4.69, 9.17) is 9.47 Å². The minimum atomic E-state index is -0.831. The molecule has 0 aliphatic carbocycles. The zero-order chi connectivity index (χ0) is 17.9. The van der Waals surface area contributed by atoms with Crippen molar-refractivity contribution in [1.29, 1.82) is 0 Å². The number of hydrogen-bond acceptors (Lipinski definition) is 5. The predicted octanol–water partition coefficient (Wildman–Crippen LogP) is 2.89. The van der Waals surface area contributed by atoms with Gasteiger partial charge in [0.1, 0.15) is 5.60 Å². The number of aromatic nitrogens is 1. The number of benzene rings is 1. The van der Waals surface area contributed by atoms with Gasteiger partial charge in [-0.25, -0.2) is 0 Å². The molecule has 5 nitrogen and oxygen atoms in total. The molecule has 0 bridgehead atoms. The van der Waals surface area contributed by atoms with Gasteiger partial charge in [0.25, 0.3) is 0 Å². The molecule has 2 heterocycles. The van der Waals surface area contributed by atoms with Crippen LogP contribution in [0.1, 0.15) is 29.7 Å². The van der Waals surface area contributed by atoms with Crippen molar-refractivity contribution in [3.05, 3.63) is 53.3 Å². The Morgan fingerprint density at radius 1 is 1.12 bits per heavy atom. The highest BCUT2D eigenvalue weighted by Gasteiger charge is 2.35. The number of methoxy groups -OCH3 is 2. The van der Waals surface area contributed by atoms with Gasteiger partial charge < -0.3 is 14.6 Å². The van der Waals surface area contributed by atoms with Gasteiger partial charge in [-0.05, 0) is 37.5 Å². The first-order valence-corrected chi connectivity index (χ1v) is 8.63. The lowest BCUT2D eigenvalue weighted by Gasteiger charge is -2.38. The first-order chi connectivity index (χ1) is 12.1. The number of rotatable bonds is 5. The van der Waals surface area contributed by atoms with Gasteiger partial charge in [0.2, 0.25) is 0 Å². The highest BCUT2D eigenvalue weighted by atomic mass is 16.5. The fourth-order valence-electron chi connectivity index (χ4n) is 3.40. The maximum atomic E-state index is 11.0. The molecule has 5 heteroatoms. The SMILES string of the molecule is COc1cccc(CN2CCC(O)(c3ccc(C)cn3)CC2)c1OC. The summed E-state index contributed by atoms with van der Waals surface area (Å²) in [5, 5.41) is 11.0. The highest BCUT2D eigenvalue weighted by molar-refractivity contribution is 5.46. The number of aliphatic hydroxyl groups is 1. The number of para-hydroxylation sites is 1. The van der Waals surface area contributed by atoms with E-state index in [1.54, 1.807) is 14.2 Å². The maximum Gasteiger partial charge on any atom is 0.165 e. The molecule has 0 amide bonds. The molecule has 1 aliphatic rings. The van der Waals surface area contributed by atoms with E-state index in [9.17, 15) is 5.11 Å². The quantitative estimate of drug-likeness (QED) is 0.905. The average Bonchev–Trinajstić information content (AvgIpc) is 2.64. The topological polar surface area (TPSA) is 54.8 Å². The second kappa shape index (κ2) is 7.42. The Hall–Kier alpha value is -2.11. The van der Waals surface area contributed by atoms with Crippen molar-refractivity contribution in [3.8, 4) is 11.5 Å². The Morgan fingerprint density at radius 2 is 1.88 bits per heavy atom. The summed E-state index contributed by atoms with van der Waals surface area (Å²) in [6.07, 6.45) is 3.17. The normalized spacial score (nSPS) is 17.3. The summed E-state index contributed by atoms with van der Waals surface area (Å²) in [5.41, 5.74) is 2.15. The number of hydrogen-bond donors (Lipinski definition) is 1. The monoisotopic (exact) mass is 342 g/mol. The van der Waals surface area contributed by atoms with Gasteiger partial charge in [0, 0.05) is 31.4 Å². The van der Waals surface area contributed by atoms with Gasteiger partial charge in [-0.15, -0.1) is 0 Å². The van der Waals surface area contributed by atoms with Crippen LogP contribution in [0.15, 0.2) is 36.5 Å². The fraction of sp³-hybridized carbons (Fsp3) is 0.450. The molecule has 3 rings (SSSR count). The summed E-state index contributed by atoms with van der Waals surface area (Å²) in [4.78, 5) is 6.76. The van der Waals surface area contributed by atoms with Crippen molar-refractivity contribution in [2.24, 2.45) is 0 Å². The number of pyridine rings is 1. The molecule has 0 atom stereocenters. The van der Waals surface area contributed by atoms with Crippen LogP contribution in [0.5, 0.6) is 11.5 Å². The summed E-state index contributed by atoms with van der Waals surface area (Å²) >= 11 is 0. The van der Waals surface area contributed by atoms with E-state index in [0.717, 1.165) is 48.0 Å². The van der Waals surface area contributed by atoms with Gasteiger partial charge in [0.15, 0.2) is 11.5 Å². The van der Waals surface area contributed by atoms with Crippen LogP contribution in [0.2, 0.25) is 0 Å². The standard InChI is InChI=1S/C20H26N2O3/c1-15-7-8-18(21-13-15)20(23)9-11-22(12-10-20)14-16-5-4-6-17(24-2)19(16)25-3/h4-8,13,23H,9-12,14H2,1-3H3. The third-order valence-electron chi connectivity index (χ3n) is 4.95. The number of likely N-dealkylation sites (tertiary alicyclic amines) is 1. The number of nitrogens with zero attached hydrogens (tertiary/aromatic N) is 2. The zero-order valence-corrected chi connectivity index (χ0v) is 15.2. The fourth-order valence-corrected chi connectivity index (χ4v) is 3.40. The number of ether oxygens (including phenoxy) is 2. The lowest BCUT2D eigenvalue weighted by molar-refractivity contribution is -0.0312. The van der Waals surface area contributed by atoms with E-state index in [2.05, 4.69) is 16.0 Å². The molecule has 134 valence electrons. The van der Waals surface area contributed by atoms with Crippen LogP contribution >= 0.6 is 0 Å². The molecule has 1 saturated heterocycles. The van der Waals surface area contributed by atoms with E-state index in [1.165, 1.54) is 0 Å². The Balaban J connectivity index is 1.68. The molecule has 0 radical (unpaired) electrons. The highest BCUT2D eigenvalue weighted by Crippen LogP contribution is 2.35. The molecule has 0 unspecified atom stereocenters. The second-order valence-corrected chi connectivity index (χ2v) is 6.68. The first kappa shape index (κ1) is 17.7. The molecule has 1 N–H and O–H groups in total. The molecule has 1 aliphatic heterocycles. The Kier molecular flexibility index (Phi) is 5.25. The van der Waals surface area contributed by atoms with E-state index in [1.807, 2.05) is 37.4 Å². The van der Waals surface area contributed by atoms with Gasteiger partial charge in [0.05, 0.1) is 19.9 Å². The summed E-state index contributed by atoms with van der Waals surface area (Å²) in [7, 11) is 3.32. The summed E-state index contributed by atoms with van der Waals surface area (Å²) in [5.74, 6) is 1.53. The van der Waals surface area contributed by atoms with Crippen LogP contribution in [-0.2, 0) is 12.1 Å². The Morgan fingerprint density at radius 3 is 2.48 bits per heavy atom. The molecule has 1 aromatic heterocycles. The lowest BCUT2D eigenvalue weighted by atomic mass is 9.87. The third-order valence-corrected chi connectivity index (χ3v) is 4.95. The minimum absolute atomic E-state index is 0.676. The smallest absolute Gasteiger partial charge is 0.165 e. The van der Waals surface area contributed by atoms with Gasteiger partial charge in [-0.3, -0.25) is 9.88 Å². The summed E-state index contributed by atoms with van der Waals surface area (Å²) in [6, 6.07) is 9.89. The van der Waals surface area contributed by atoms with Crippen LogP contribution in [-0.4, -0.2) is 42.3 Å². The van der Waals surface area contributed by atoms with Crippen molar-refractivity contribution in [3.63, 3.8) is 0 Å². The minimum Gasteiger partial charge on any atom is -0.493 e. The van der Waals surface area contributed by atoms with Gasteiger partial charge in [-0.2, -0.15) is 0 Å². The van der Waals surface area contributed by atoms with Crippen molar-refractivity contribution in [2.75, 3.05) is 27.3 Å². The summed E-state index contributed by atoms with van der Waals surface area (Å²) < 4.78 is 10.9. The molecule has 0 saturated carbocycles. The summed E-state index contributed by atoms with van der Waals surface area (Å²) in [6.45, 7) is 4.40. The van der Waals surface area contributed by atoms with Crippen LogP contribution in [0, 0.1) is 6.92 Å². The Labute approximate surface area is 149 Å². The molecular weight excluding hydrogens is 316 g/mol. The van der Waals surface area contributed by atoms with Crippen LogP contribution in [0.3, 0.4) is 0 Å². The van der Waals surface area contributed by atoms with Gasteiger partial charge >= 0.3 is 0 Å². The van der Waals surface area contributed by atoms with Crippen molar-refractivity contribution >= 4 is 0 Å². The zero-order valence-electron chi connectivity index (χ0n) is 15.2. The molecule has 1 fully saturated rings. The largest absolute Gasteiger partial charge is 0.493 e. The first-order valence-electron chi connectivity index (χ1n) is 8.63.